The van der Waals surface area contributed by atoms with Gasteiger partial charge in [0.2, 0.25) is 0 Å². The molecule has 1 aliphatic carbocycles. The Morgan fingerprint density at radius 1 is 1.22 bits per heavy atom. The van der Waals surface area contributed by atoms with Gasteiger partial charge in [-0.2, -0.15) is 0 Å². The van der Waals surface area contributed by atoms with Crippen molar-refractivity contribution >= 4 is 22.8 Å². The van der Waals surface area contributed by atoms with Gasteiger partial charge in [-0.05, 0) is 50.5 Å². The highest BCUT2D eigenvalue weighted by atomic mass is 16.4. The van der Waals surface area contributed by atoms with Gasteiger partial charge in [-0.3, -0.25) is 14.6 Å². The van der Waals surface area contributed by atoms with Crippen LogP contribution >= 0.6 is 0 Å². The zero-order valence-electron chi connectivity index (χ0n) is 14.8. The molecule has 1 aliphatic rings. The maximum Gasteiger partial charge on any atom is 0.306 e. The molecule has 0 saturated heterocycles. The second-order valence-electron chi connectivity index (χ2n) is 6.80. The van der Waals surface area contributed by atoms with Gasteiger partial charge in [0.15, 0.2) is 5.69 Å². The molecule has 0 radical (unpaired) electrons. The van der Waals surface area contributed by atoms with E-state index in [0.717, 1.165) is 16.6 Å². The fourth-order valence-corrected chi connectivity index (χ4v) is 3.63. The van der Waals surface area contributed by atoms with Crippen LogP contribution < -0.4 is 5.32 Å². The molecule has 27 heavy (non-hydrogen) atoms. The summed E-state index contributed by atoms with van der Waals surface area (Å²) >= 11 is 0. The number of hydrogen-bond acceptors (Lipinski definition) is 5. The Morgan fingerprint density at radius 2 is 2.07 bits per heavy atom. The Bertz CT molecular complexity index is 1020. The van der Waals surface area contributed by atoms with E-state index in [9.17, 15) is 9.59 Å². The minimum Gasteiger partial charge on any atom is -0.481 e. The zero-order chi connectivity index (χ0) is 19.0. The SMILES string of the molecule is Cc1c(C(=O)N[C@H]2CC[C@@H](C(=O)O)C2)nnn1-c1cccc2ncccc12. The first-order chi connectivity index (χ1) is 13.0. The standard InChI is InChI=1S/C19H19N5O3/c1-11-17(18(25)21-13-8-7-12(10-13)19(26)27)22-23-24(11)16-6-2-5-15-14(16)4-3-9-20-15/h2-6,9,12-13H,7-8,10H2,1H3,(H,21,25)(H,26,27)/t12-,13+/m1/s1. The lowest BCUT2D eigenvalue weighted by atomic mass is 10.1. The number of carboxylic acids is 1. The average molecular weight is 365 g/mol. The number of pyridine rings is 1. The van der Waals surface area contributed by atoms with Crippen molar-refractivity contribution in [3.8, 4) is 5.69 Å². The molecule has 2 heterocycles. The highest BCUT2D eigenvalue weighted by Gasteiger charge is 2.31. The van der Waals surface area contributed by atoms with E-state index in [4.69, 9.17) is 5.11 Å². The van der Waals surface area contributed by atoms with Crippen molar-refractivity contribution in [2.45, 2.75) is 32.2 Å². The molecule has 8 nitrogen and oxygen atoms in total. The summed E-state index contributed by atoms with van der Waals surface area (Å²) < 4.78 is 1.63. The Morgan fingerprint density at radius 3 is 2.85 bits per heavy atom. The Hall–Kier alpha value is -3.29. The quantitative estimate of drug-likeness (QED) is 0.733. The van der Waals surface area contributed by atoms with E-state index in [2.05, 4.69) is 20.6 Å². The number of fused-ring (bicyclic) bond motifs is 1. The van der Waals surface area contributed by atoms with Gasteiger partial charge in [0, 0.05) is 17.6 Å². The van der Waals surface area contributed by atoms with Crippen LogP contribution in [0.25, 0.3) is 16.6 Å². The number of nitrogens with one attached hydrogen (secondary N) is 1. The molecule has 2 N–H and O–H groups in total. The minimum absolute atomic E-state index is 0.148. The van der Waals surface area contributed by atoms with Crippen molar-refractivity contribution in [3.63, 3.8) is 0 Å². The molecule has 2 aromatic heterocycles. The molecule has 138 valence electrons. The fourth-order valence-electron chi connectivity index (χ4n) is 3.63. The fraction of sp³-hybridized carbons (Fsp3) is 0.316. The number of benzene rings is 1. The molecule has 1 fully saturated rings. The maximum absolute atomic E-state index is 12.6. The van der Waals surface area contributed by atoms with E-state index in [-0.39, 0.29) is 17.6 Å². The summed E-state index contributed by atoms with van der Waals surface area (Å²) in [6.07, 6.45) is 3.41. The Labute approximate surface area is 155 Å². The van der Waals surface area contributed by atoms with E-state index in [1.54, 1.807) is 17.8 Å². The first-order valence-electron chi connectivity index (χ1n) is 8.84. The third kappa shape index (κ3) is 3.14. The van der Waals surface area contributed by atoms with Crippen LogP contribution in [0.2, 0.25) is 0 Å². The lowest BCUT2D eigenvalue weighted by Crippen LogP contribution is -2.34. The number of carboxylic acid groups (broad SMARTS) is 1. The van der Waals surface area contributed by atoms with Crippen LogP contribution in [-0.2, 0) is 4.79 Å². The van der Waals surface area contributed by atoms with Gasteiger partial charge >= 0.3 is 5.97 Å². The summed E-state index contributed by atoms with van der Waals surface area (Å²) in [5.74, 6) is -1.53. The van der Waals surface area contributed by atoms with Gasteiger partial charge in [0.1, 0.15) is 0 Å². The molecule has 1 amide bonds. The van der Waals surface area contributed by atoms with Gasteiger partial charge in [-0.15, -0.1) is 5.10 Å². The van der Waals surface area contributed by atoms with Crippen molar-refractivity contribution in [1.29, 1.82) is 0 Å². The lowest BCUT2D eigenvalue weighted by molar-refractivity contribution is -0.141. The third-order valence-corrected chi connectivity index (χ3v) is 5.08. The predicted octanol–water partition coefficient (Wildman–Crippen LogP) is 2.11. The van der Waals surface area contributed by atoms with Gasteiger partial charge in [0.05, 0.1) is 22.8 Å². The number of nitrogens with zero attached hydrogens (tertiary/aromatic N) is 4. The number of carbonyl (C=O) groups is 2. The van der Waals surface area contributed by atoms with Gasteiger partial charge in [0.25, 0.3) is 5.91 Å². The first kappa shape index (κ1) is 17.1. The van der Waals surface area contributed by atoms with E-state index in [1.165, 1.54) is 0 Å². The van der Waals surface area contributed by atoms with Crippen LogP contribution in [0.4, 0.5) is 0 Å². The molecule has 1 saturated carbocycles. The zero-order valence-corrected chi connectivity index (χ0v) is 14.8. The predicted molar refractivity (Wildman–Crippen MR) is 97.6 cm³/mol. The Kier molecular flexibility index (Phi) is 4.31. The number of hydrogen-bond donors (Lipinski definition) is 2. The molecule has 0 unspecified atom stereocenters. The molecule has 4 rings (SSSR count). The first-order valence-corrected chi connectivity index (χ1v) is 8.84. The van der Waals surface area contributed by atoms with Crippen molar-refractivity contribution in [3.05, 3.63) is 47.9 Å². The molecule has 3 aromatic rings. The van der Waals surface area contributed by atoms with E-state index >= 15 is 0 Å². The summed E-state index contributed by atoms with van der Waals surface area (Å²) in [6.45, 7) is 1.79. The summed E-state index contributed by atoms with van der Waals surface area (Å²) in [7, 11) is 0. The smallest absolute Gasteiger partial charge is 0.306 e. The lowest BCUT2D eigenvalue weighted by Gasteiger charge is -2.11. The summed E-state index contributed by atoms with van der Waals surface area (Å²) in [6, 6.07) is 9.36. The van der Waals surface area contributed by atoms with Crippen LogP contribution in [0.15, 0.2) is 36.5 Å². The largest absolute Gasteiger partial charge is 0.481 e. The number of rotatable bonds is 4. The van der Waals surface area contributed by atoms with E-state index in [1.807, 2.05) is 30.3 Å². The van der Waals surface area contributed by atoms with Crippen LogP contribution in [0.1, 0.15) is 35.4 Å². The second-order valence-corrected chi connectivity index (χ2v) is 6.80. The molecular formula is C19H19N5O3. The maximum atomic E-state index is 12.6. The molecule has 2 atom stereocenters. The van der Waals surface area contributed by atoms with Crippen LogP contribution in [0.5, 0.6) is 0 Å². The molecular weight excluding hydrogens is 346 g/mol. The van der Waals surface area contributed by atoms with Crippen molar-refractivity contribution in [2.75, 3.05) is 0 Å². The van der Waals surface area contributed by atoms with Crippen molar-refractivity contribution in [1.82, 2.24) is 25.3 Å². The normalized spacial score (nSPS) is 19.3. The van der Waals surface area contributed by atoms with Crippen molar-refractivity contribution < 1.29 is 14.7 Å². The summed E-state index contributed by atoms with van der Waals surface area (Å²) in [4.78, 5) is 28.0. The van der Waals surface area contributed by atoms with E-state index < -0.39 is 11.9 Å². The molecule has 0 aliphatic heterocycles. The summed E-state index contributed by atoms with van der Waals surface area (Å²) in [5, 5.41) is 21.1. The summed E-state index contributed by atoms with van der Waals surface area (Å²) in [5.41, 5.74) is 2.50. The van der Waals surface area contributed by atoms with Gasteiger partial charge < -0.3 is 10.4 Å². The topological polar surface area (TPSA) is 110 Å². The van der Waals surface area contributed by atoms with Gasteiger partial charge in [-0.25, -0.2) is 4.68 Å². The number of amides is 1. The minimum atomic E-state index is -0.807. The van der Waals surface area contributed by atoms with E-state index in [0.29, 0.717) is 25.0 Å². The Balaban J connectivity index is 1.59. The van der Waals surface area contributed by atoms with Gasteiger partial charge in [-0.1, -0.05) is 11.3 Å². The molecule has 1 aromatic carbocycles. The van der Waals surface area contributed by atoms with Crippen LogP contribution in [0, 0.1) is 12.8 Å². The van der Waals surface area contributed by atoms with Crippen LogP contribution in [-0.4, -0.2) is 43.0 Å². The second kappa shape index (κ2) is 6.79. The number of aromatic nitrogens is 4. The third-order valence-electron chi connectivity index (χ3n) is 5.08. The molecule has 8 heteroatoms. The van der Waals surface area contributed by atoms with Crippen LogP contribution in [0.3, 0.4) is 0 Å². The van der Waals surface area contributed by atoms with Crippen molar-refractivity contribution in [2.24, 2.45) is 5.92 Å². The number of aliphatic carboxylic acids is 1. The average Bonchev–Trinajstić information content (AvgIpc) is 3.28. The molecule has 0 spiro atoms. The molecule has 0 bridgehead atoms. The monoisotopic (exact) mass is 365 g/mol. The highest BCUT2D eigenvalue weighted by Crippen LogP contribution is 2.26. The highest BCUT2D eigenvalue weighted by molar-refractivity contribution is 5.94. The number of carbonyl (C=O) groups excluding carboxylic acids is 1.